The summed E-state index contributed by atoms with van der Waals surface area (Å²) in [6.07, 6.45) is 0. The lowest BCUT2D eigenvalue weighted by Crippen LogP contribution is -2.38. The van der Waals surface area contributed by atoms with Crippen LogP contribution in [-0.4, -0.2) is 28.0 Å². The highest BCUT2D eigenvalue weighted by atomic mass is 32.2. The summed E-state index contributed by atoms with van der Waals surface area (Å²) in [5.74, 6) is -0.0723. The number of amides is 1. The third-order valence-corrected chi connectivity index (χ3v) is 7.48. The number of carbonyl (C=O) groups is 1. The maximum Gasteiger partial charge on any atom is 0.274 e. The highest BCUT2D eigenvalue weighted by Crippen LogP contribution is 2.33. The number of para-hydroxylation sites is 2. The van der Waals surface area contributed by atoms with E-state index in [0.717, 1.165) is 26.8 Å². The van der Waals surface area contributed by atoms with Gasteiger partial charge in [-0.05, 0) is 54.6 Å². The van der Waals surface area contributed by atoms with E-state index in [-0.39, 0.29) is 10.8 Å². The number of hydrogen-bond acceptors (Lipinski definition) is 5. The van der Waals surface area contributed by atoms with Crippen LogP contribution in [0.2, 0.25) is 0 Å². The predicted octanol–water partition coefficient (Wildman–Crippen LogP) is 4.21. The summed E-state index contributed by atoms with van der Waals surface area (Å²) in [6, 6.07) is 15.6. The summed E-state index contributed by atoms with van der Waals surface area (Å²) in [5.41, 5.74) is 2.86. The van der Waals surface area contributed by atoms with Crippen molar-refractivity contribution in [3.63, 3.8) is 0 Å². The summed E-state index contributed by atoms with van der Waals surface area (Å²) in [5, 5.41) is 4.51. The van der Waals surface area contributed by atoms with Gasteiger partial charge in [0.25, 0.3) is 10.0 Å². The Bertz CT molecular complexity index is 1110. The Balaban J connectivity index is 1.97. The van der Waals surface area contributed by atoms with Crippen LogP contribution in [-0.2, 0) is 14.8 Å². The molecular weight excluding hydrogens is 408 g/mol. The number of ether oxygens (including phenoxy) is 1. The van der Waals surface area contributed by atoms with Crippen LogP contribution >= 0.6 is 11.3 Å². The first kappa shape index (κ1) is 20.9. The lowest BCUT2D eigenvalue weighted by molar-refractivity contribution is -0.114. The average Bonchev–Trinajstić information content (AvgIpc) is 3.24. The fraction of sp³-hybridized carbons (Fsp3) is 0.190. The number of nitrogens with zero attached hydrogens (tertiary/aromatic N) is 1. The Morgan fingerprint density at radius 2 is 1.86 bits per heavy atom. The predicted molar refractivity (Wildman–Crippen MR) is 116 cm³/mol. The number of benzene rings is 2. The molecule has 0 unspecified atom stereocenters. The van der Waals surface area contributed by atoms with E-state index < -0.39 is 15.9 Å². The number of nitrogens with one attached hydrogen (secondary N) is 1. The molecule has 0 atom stereocenters. The number of hydrogen-bond donors (Lipinski definition) is 1. The van der Waals surface area contributed by atoms with Crippen molar-refractivity contribution in [2.75, 3.05) is 23.3 Å². The van der Waals surface area contributed by atoms with E-state index in [9.17, 15) is 13.2 Å². The smallest absolute Gasteiger partial charge is 0.274 e. The zero-order valence-corrected chi connectivity index (χ0v) is 18.0. The van der Waals surface area contributed by atoms with Gasteiger partial charge in [0.05, 0.1) is 12.8 Å². The van der Waals surface area contributed by atoms with E-state index in [0.29, 0.717) is 17.1 Å². The lowest BCUT2D eigenvalue weighted by Gasteiger charge is -2.25. The zero-order chi connectivity index (χ0) is 21.0. The van der Waals surface area contributed by atoms with Crippen molar-refractivity contribution in [1.82, 2.24) is 0 Å². The Kier molecular flexibility index (Phi) is 6.24. The van der Waals surface area contributed by atoms with Gasteiger partial charge in [-0.3, -0.25) is 9.10 Å². The average molecular weight is 431 g/mol. The number of rotatable bonds is 7. The molecule has 1 aromatic heterocycles. The minimum atomic E-state index is -3.94. The topological polar surface area (TPSA) is 75.7 Å². The van der Waals surface area contributed by atoms with Crippen LogP contribution in [0.15, 0.2) is 64.2 Å². The quantitative estimate of drug-likeness (QED) is 0.609. The molecule has 2 aromatic carbocycles. The summed E-state index contributed by atoms with van der Waals surface area (Å²) < 4.78 is 33.1. The van der Waals surface area contributed by atoms with Crippen LogP contribution in [0, 0.1) is 13.8 Å². The van der Waals surface area contributed by atoms with Gasteiger partial charge in [-0.15, -0.1) is 11.3 Å². The molecule has 1 heterocycles. The molecular formula is C21H22N2O4S2. The van der Waals surface area contributed by atoms with Crippen molar-refractivity contribution >= 4 is 38.6 Å². The number of sulfonamides is 1. The summed E-state index contributed by atoms with van der Waals surface area (Å²) in [7, 11) is -2.47. The Morgan fingerprint density at radius 1 is 1.10 bits per heavy atom. The van der Waals surface area contributed by atoms with E-state index >= 15 is 0 Å². The van der Waals surface area contributed by atoms with Crippen LogP contribution in [0.3, 0.4) is 0 Å². The molecule has 0 aliphatic heterocycles. The molecule has 0 saturated heterocycles. The first-order chi connectivity index (χ1) is 13.8. The number of anilines is 2. The normalized spacial score (nSPS) is 11.1. The zero-order valence-electron chi connectivity index (χ0n) is 16.4. The number of thiophene rings is 1. The van der Waals surface area contributed by atoms with E-state index in [2.05, 4.69) is 5.32 Å². The van der Waals surface area contributed by atoms with E-state index in [1.165, 1.54) is 13.2 Å². The van der Waals surface area contributed by atoms with Gasteiger partial charge in [-0.1, -0.05) is 30.3 Å². The van der Waals surface area contributed by atoms with Crippen molar-refractivity contribution in [1.29, 1.82) is 0 Å². The molecule has 0 saturated carbocycles. The van der Waals surface area contributed by atoms with Crippen molar-refractivity contribution < 1.29 is 17.9 Å². The minimum Gasteiger partial charge on any atom is -0.495 e. The van der Waals surface area contributed by atoms with Crippen LogP contribution in [0.5, 0.6) is 5.75 Å². The number of carbonyl (C=O) groups excluding carboxylic acids is 1. The molecule has 29 heavy (non-hydrogen) atoms. The third kappa shape index (κ3) is 4.60. The van der Waals surface area contributed by atoms with Crippen LogP contribution in [0.1, 0.15) is 11.1 Å². The van der Waals surface area contributed by atoms with E-state index in [4.69, 9.17) is 4.74 Å². The van der Waals surface area contributed by atoms with Crippen molar-refractivity contribution in [2.45, 2.75) is 18.1 Å². The molecule has 3 rings (SSSR count). The van der Waals surface area contributed by atoms with Gasteiger partial charge in [-0.25, -0.2) is 8.42 Å². The second kappa shape index (κ2) is 8.67. The fourth-order valence-corrected chi connectivity index (χ4v) is 5.38. The Labute approximate surface area is 174 Å². The Hall–Kier alpha value is -2.84. The second-order valence-electron chi connectivity index (χ2n) is 6.48. The SMILES string of the molecule is COc1ccccc1N(CC(=O)Nc1cc(C)ccc1C)S(=O)(=O)c1cccs1. The molecule has 0 fully saturated rings. The molecule has 0 bridgehead atoms. The van der Waals surface area contributed by atoms with Gasteiger partial charge in [0.1, 0.15) is 16.5 Å². The standard InChI is InChI=1S/C21H22N2O4S2/c1-15-10-11-16(2)17(13-15)22-20(24)14-23(18-7-4-5-8-19(18)27-3)29(25,26)21-9-6-12-28-21/h4-13H,14H2,1-3H3,(H,22,24). The second-order valence-corrected chi connectivity index (χ2v) is 9.52. The molecule has 0 spiro atoms. The van der Waals surface area contributed by atoms with Gasteiger partial charge >= 0.3 is 0 Å². The van der Waals surface area contributed by atoms with Crippen LogP contribution in [0.4, 0.5) is 11.4 Å². The van der Waals surface area contributed by atoms with Crippen molar-refractivity contribution in [2.24, 2.45) is 0 Å². The van der Waals surface area contributed by atoms with Gasteiger partial charge < -0.3 is 10.1 Å². The molecule has 6 nitrogen and oxygen atoms in total. The third-order valence-electron chi connectivity index (χ3n) is 4.35. The molecule has 0 aliphatic rings. The largest absolute Gasteiger partial charge is 0.495 e. The molecule has 3 aromatic rings. The van der Waals surface area contributed by atoms with Crippen LogP contribution < -0.4 is 14.4 Å². The minimum absolute atomic E-state index is 0.156. The highest BCUT2D eigenvalue weighted by molar-refractivity contribution is 7.94. The highest BCUT2D eigenvalue weighted by Gasteiger charge is 2.30. The molecule has 0 radical (unpaired) electrons. The van der Waals surface area contributed by atoms with Crippen LogP contribution in [0.25, 0.3) is 0 Å². The molecule has 1 N–H and O–H groups in total. The number of methoxy groups -OCH3 is 1. The maximum atomic E-state index is 13.3. The molecule has 0 aliphatic carbocycles. The van der Waals surface area contributed by atoms with E-state index in [1.54, 1.807) is 35.7 Å². The summed E-state index contributed by atoms with van der Waals surface area (Å²) in [4.78, 5) is 12.8. The Morgan fingerprint density at radius 3 is 2.55 bits per heavy atom. The monoisotopic (exact) mass is 430 g/mol. The van der Waals surface area contributed by atoms with Gasteiger partial charge in [0.15, 0.2) is 0 Å². The molecule has 1 amide bonds. The lowest BCUT2D eigenvalue weighted by atomic mass is 10.1. The first-order valence-corrected chi connectivity index (χ1v) is 11.2. The number of aryl methyl sites for hydroxylation is 2. The fourth-order valence-electron chi connectivity index (χ4n) is 2.84. The maximum absolute atomic E-state index is 13.3. The van der Waals surface area contributed by atoms with Gasteiger partial charge in [0, 0.05) is 5.69 Å². The van der Waals surface area contributed by atoms with E-state index in [1.807, 2.05) is 32.0 Å². The van der Waals surface area contributed by atoms with Crippen molar-refractivity contribution in [3.05, 3.63) is 71.1 Å². The summed E-state index contributed by atoms with van der Waals surface area (Å²) >= 11 is 1.10. The van der Waals surface area contributed by atoms with Gasteiger partial charge in [-0.2, -0.15) is 0 Å². The first-order valence-electron chi connectivity index (χ1n) is 8.89. The molecule has 152 valence electrons. The van der Waals surface area contributed by atoms with Gasteiger partial charge in [0.2, 0.25) is 5.91 Å². The van der Waals surface area contributed by atoms with Crippen molar-refractivity contribution in [3.8, 4) is 5.75 Å². The molecule has 8 heteroatoms. The summed E-state index contributed by atoms with van der Waals surface area (Å²) in [6.45, 7) is 3.43.